The average molecular weight is 454 g/mol. The van der Waals surface area contributed by atoms with Crippen LogP contribution in [0.15, 0.2) is 64.7 Å². The average Bonchev–Trinajstić information content (AvgIpc) is 3.45. The Morgan fingerprint density at radius 3 is 2.55 bits per heavy atom. The third-order valence-corrected chi connectivity index (χ3v) is 7.81. The molecule has 1 aliphatic heterocycles. The summed E-state index contributed by atoms with van der Waals surface area (Å²) >= 11 is 3.59. The van der Waals surface area contributed by atoms with Crippen molar-refractivity contribution in [2.75, 3.05) is 33.5 Å². The van der Waals surface area contributed by atoms with E-state index in [0.29, 0.717) is 5.25 Å². The molecule has 0 amide bonds. The van der Waals surface area contributed by atoms with Gasteiger partial charge in [0, 0.05) is 22.3 Å². The summed E-state index contributed by atoms with van der Waals surface area (Å²) < 4.78 is 7.43. The maximum absolute atomic E-state index is 5.25. The molecule has 162 valence electrons. The number of para-hydroxylation sites is 1. The van der Waals surface area contributed by atoms with E-state index in [9.17, 15) is 0 Å². The zero-order valence-corrected chi connectivity index (χ0v) is 19.9. The zero-order valence-electron chi connectivity index (χ0n) is 18.2. The first-order valence-corrected chi connectivity index (χ1v) is 12.1. The second-order valence-corrected chi connectivity index (χ2v) is 9.85. The Morgan fingerprint density at radius 2 is 1.87 bits per heavy atom. The molecule has 0 N–H and O–H groups in total. The molecule has 3 aromatic rings. The van der Waals surface area contributed by atoms with Gasteiger partial charge in [0.1, 0.15) is 5.75 Å². The largest absolute Gasteiger partial charge is 0.497 e. The normalized spacial score (nSPS) is 17.1. The van der Waals surface area contributed by atoms with Gasteiger partial charge >= 0.3 is 0 Å². The molecule has 1 aliphatic rings. The molecule has 0 radical (unpaired) electrons. The first-order valence-electron chi connectivity index (χ1n) is 10.2. The Kier molecular flexibility index (Phi) is 6.99. The molecule has 2 aromatic carbocycles. The molecule has 2 heterocycles. The van der Waals surface area contributed by atoms with Crippen molar-refractivity contribution in [3.8, 4) is 11.4 Å². The molecule has 0 fully saturated rings. The van der Waals surface area contributed by atoms with Crippen molar-refractivity contribution in [2.24, 2.45) is 4.99 Å². The number of ether oxygens (including phenoxy) is 1. The molecule has 4 rings (SSSR count). The number of hydrogen-bond donors (Lipinski definition) is 0. The van der Waals surface area contributed by atoms with Crippen LogP contribution in [-0.4, -0.2) is 63.5 Å². The first-order chi connectivity index (χ1) is 15.1. The topological polar surface area (TPSA) is 55.5 Å². The molecule has 0 saturated heterocycles. The van der Waals surface area contributed by atoms with Gasteiger partial charge in [0.15, 0.2) is 11.0 Å². The summed E-state index contributed by atoms with van der Waals surface area (Å²) in [5, 5.41) is 11.5. The fraction of sp³-hybridized carbons (Fsp3) is 0.348. The quantitative estimate of drug-likeness (QED) is 0.466. The molecule has 0 spiro atoms. The Bertz CT molecular complexity index is 1030. The molecule has 0 saturated carbocycles. The van der Waals surface area contributed by atoms with Crippen LogP contribution < -0.4 is 4.74 Å². The lowest BCUT2D eigenvalue weighted by Gasteiger charge is -2.20. The fourth-order valence-corrected chi connectivity index (χ4v) is 5.49. The van der Waals surface area contributed by atoms with E-state index in [-0.39, 0.29) is 6.04 Å². The SMILES string of the molecule is COc1ccc(C2=NC[C@H](CSc3nnc([C@H](C)N(C)C)n3-c3ccccc3)S2)cc1. The summed E-state index contributed by atoms with van der Waals surface area (Å²) in [6, 6.07) is 18.6. The number of benzene rings is 2. The molecule has 2 atom stereocenters. The van der Waals surface area contributed by atoms with Crippen LogP contribution in [-0.2, 0) is 0 Å². The van der Waals surface area contributed by atoms with Crippen LogP contribution in [0.1, 0.15) is 24.4 Å². The van der Waals surface area contributed by atoms with Gasteiger partial charge in [-0.3, -0.25) is 14.5 Å². The van der Waals surface area contributed by atoms with E-state index < -0.39 is 0 Å². The summed E-state index contributed by atoms with van der Waals surface area (Å²) in [4.78, 5) is 6.92. The van der Waals surface area contributed by atoms with Gasteiger partial charge in [0.25, 0.3) is 0 Å². The van der Waals surface area contributed by atoms with Crippen molar-refractivity contribution >= 4 is 28.6 Å². The molecular formula is C23H27N5OS2. The number of methoxy groups -OCH3 is 1. The number of hydrogen-bond acceptors (Lipinski definition) is 7. The molecule has 1 aromatic heterocycles. The van der Waals surface area contributed by atoms with Gasteiger partial charge in [0.05, 0.1) is 24.7 Å². The van der Waals surface area contributed by atoms with Gasteiger partial charge < -0.3 is 4.74 Å². The van der Waals surface area contributed by atoms with Crippen LogP contribution in [0, 0.1) is 0 Å². The summed E-state index contributed by atoms with van der Waals surface area (Å²) in [6.07, 6.45) is 0. The lowest BCUT2D eigenvalue weighted by Crippen LogP contribution is -2.20. The van der Waals surface area contributed by atoms with Crippen molar-refractivity contribution in [1.82, 2.24) is 19.7 Å². The number of aromatic nitrogens is 3. The molecule has 0 unspecified atom stereocenters. The third-order valence-electron chi connectivity index (χ3n) is 5.27. The standard InChI is InChI=1S/C23H27N5OS2/c1-16(27(2)3)21-25-26-23(28(21)18-8-6-5-7-9-18)30-15-20-14-24-22(31-20)17-10-12-19(29-4)13-11-17/h5-13,16,20H,14-15H2,1-4H3/t16-,20+/m0/s1. The van der Waals surface area contributed by atoms with Gasteiger partial charge in [-0.1, -0.05) is 30.0 Å². The lowest BCUT2D eigenvalue weighted by atomic mass is 10.2. The van der Waals surface area contributed by atoms with Crippen LogP contribution in [0.25, 0.3) is 5.69 Å². The summed E-state index contributed by atoms with van der Waals surface area (Å²) in [5.74, 6) is 2.74. The van der Waals surface area contributed by atoms with Gasteiger partial charge in [-0.05, 0) is 57.4 Å². The summed E-state index contributed by atoms with van der Waals surface area (Å²) in [6.45, 7) is 2.97. The van der Waals surface area contributed by atoms with Crippen molar-refractivity contribution in [1.29, 1.82) is 0 Å². The maximum Gasteiger partial charge on any atom is 0.195 e. The lowest BCUT2D eigenvalue weighted by molar-refractivity contribution is 0.305. The minimum atomic E-state index is 0.160. The van der Waals surface area contributed by atoms with Crippen molar-refractivity contribution < 1.29 is 4.74 Å². The van der Waals surface area contributed by atoms with E-state index in [1.54, 1.807) is 18.9 Å². The predicted molar refractivity (Wildman–Crippen MR) is 130 cm³/mol. The highest BCUT2D eigenvalue weighted by Crippen LogP contribution is 2.32. The molecule has 6 nitrogen and oxygen atoms in total. The van der Waals surface area contributed by atoms with E-state index >= 15 is 0 Å². The van der Waals surface area contributed by atoms with Gasteiger partial charge in [0.2, 0.25) is 0 Å². The number of rotatable bonds is 8. The summed E-state index contributed by atoms with van der Waals surface area (Å²) in [5.41, 5.74) is 2.24. The van der Waals surface area contributed by atoms with Crippen LogP contribution >= 0.6 is 23.5 Å². The highest BCUT2D eigenvalue weighted by atomic mass is 32.2. The minimum absolute atomic E-state index is 0.160. The van der Waals surface area contributed by atoms with E-state index in [2.05, 4.69) is 77.1 Å². The van der Waals surface area contributed by atoms with Gasteiger partial charge in [-0.2, -0.15) is 0 Å². The van der Waals surface area contributed by atoms with E-state index in [1.165, 1.54) is 0 Å². The summed E-state index contributed by atoms with van der Waals surface area (Å²) in [7, 11) is 5.81. The van der Waals surface area contributed by atoms with E-state index in [0.717, 1.165) is 45.3 Å². The van der Waals surface area contributed by atoms with E-state index in [4.69, 9.17) is 9.73 Å². The van der Waals surface area contributed by atoms with Crippen LogP contribution in [0.2, 0.25) is 0 Å². The zero-order chi connectivity index (χ0) is 21.8. The Morgan fingerprint density at radius 1 is 1.13 bits per heavy atom. The van der Waals surface area contributed by atoms with Crippen LogP contribution in [0.5, 0.6) is 5.75 Å². The fourth-order valence-electron chi connectivity index (χ4n) is 3.26. The Hall–Kier alpha value is -2.29. The maximum atomic E-state index is 5.25. The number of thioether (sulfide) groups is 2. The van der Waals surface area contributed by atoms with Crippen LogP contribution in [0.3, 0.4) is 0 Å². The van der Waals surface area contributed by atoms with Gasteiger partial charge in [-0.15, -0.1) is 22.0 Å². The minimum Gasteiger partial charge on any atom is -0.497 e. The predicted octanol–water partition coefficient (Wildman–Crippen LogP) is 4.55. The van der Waals surface area contributed by atoms with Crippen molar-refractivity contribution in [2.45, 2.75) is 23.4 Å². The highest BCUT2D eigenvalue weighted by Gasteiger charge is 2.24. The first kappa shape index (κ1) is 21.9. The third kappa shape index (κ3) is 4.97. The molecular weight excluding hydrogens is 426 g/mol. The highest BCUT2D eigenvalue weighted by molar-refractivity contribution is 8.16. The Labute approximate surface area is 192 Å². The molecule has 31 heavy (non-hydrogen) atoms. The molecule has 0 bridgehead atoms. The number of nitrogens with zero attached hydrogens (tertiary/aromatic N) is 5. The monoisotopic (exact) mass is 453 g/mol. The molecule has 0 aliphatic carbocycles. The second-order valence-electron chi connectivity index (χ2n) is 7.58. The number of aliphatic imine (C=N–C) groups is 1. The molecule has 8 heteroatoms. The van der Waals surface area contributed by atoms with Crippen LogP contribution in [0.4, 0.5) is 0 Å². The second kappa shape index (κ2) is 9.89. The van der Waals surface area contributed by atoms with Crippen molar-refractivity contribution in [3.63, 3.8) is 0 Å². The van der Waals surface area contributed by atoms with Gasteiger partial charge in [-0.25, -0.2) is 0 Å². The van der Waals surface area contributed by atoms with E-state index in [1.807, 2.05) is 30.0 Å². The van der Waals surface area contributed by atoms with Crippen molar-refractivity contribution in [3.05, 3.63) is 66.0 Å². The smallest absolute Gasteiger partial charge is 0.195 e. The Balaban J connectivity index is 1.46.